The van der Waals surface area contributed by atoms with Crippen molar-refractivity contribution in [1.82, 2.24) is 34.9 Å². The zero-order valence-electron chi connectivity index (χ0n) is 28.4. The van der Waals surface area contributed by atoms with E-state index in [0.717, 1.165) is 22.5 Å². The van der Waals surface area contributed by atoms with Crippen LogP contribution in [0.3, 0.4) is 0 Å². The maximum absolute atomic E-state index is 9.40. The van der Waals surface area contributed by atoms with E-state index in [-0.39, 0.29) is 73.9 Å². The van der Waals surface area contributed by atoms with Crippen LogP contribution in [0.4, 0.5) is 35.2 Å². The summed E-state index contributed by atoms with van der Waals surface area (Å²) in [6.07, 6.45) is 5.24. The van der Waals surface area contributed by atoms with Crippen molar-refractivity contribution < 1.29 is 72.2 Å². The van der Waals surface area contributed by atoms with Crippen molar-refractivity contribution in [2.24, 2.45) is 0 Å². The fourth-order valence-corrected chi connectivity index (χ4v) is 4.07. The van der Waals surface area contributed by atoms with Gasteiger partial charge in [0, 0.05) is 22.4 Å². The Kier molecular flexibility index (Phi) is 14.3. The Morgan fingerprint density at radius 3 is 1.41 bits per heavy atom. The summed E-state index contributed by atoms with van der Waals surface area (Å²) < 4.78 is 0. The molecule has 7 N–H and O–H groups in total. The van der Waals surface area contributed by atoms with Crippen LogP contribution in [0.15, 0.2) is 79.4 Å². The predicted octanol–water partition coefficient (Wildman–Crippen LogP) is -0.638. The van der Waals surface area contributed by atoms with Crippen LogP contribution in [0, 0.1) is 6.92 Å². The molecule has 0 saturated heterocycles. The van der Waals surface area contributed by atoms with E-state index in [0.29, 0.717) is 11.9 Å². The Bertz CT molecular complexity index is 1710. The van der Waals surface area contributed by atoms with Gasteiger partial charge >= 0.3 is 59.1 Å². The third kappa shape index (κ3) is 11.3. The van der Waals surface area contributed by atoms with E-state index in [9.17, 15) is 10.2 Å². The van der Waals surface area contributed by atoms with E-state index in [1.165, 1.54) is 29.3 Å². The minimum atomic E-state index is -0.763. The summed E-state index contributed by atoms with van der Waals surface area (Å²) >= 11 is 0. The number of anilines is 6. The molecule has 15 heteroatoms. The predicted molar refractivity (Wildman–Crippen MR) is 175 cm³/mol. The van der Waals surface area contributed by atoms with Gasteiger partial charge in [-0.1, -0.05) is 36.4 Å². The zero-order valence-corrected chi connectivity index (χ0v) is 30.4. The first kappa shape index (κ1) is 36.8. The van der Waals surface area contributed by atoms with Crippen molar-refractivity contribution in [2.45, 2.75) is 33.2 Å². The van der Waals surface area contributed by atoms with Crippen molar-refractivity contribution in [1.29, 1.82) is 0 Å². The number of aliphatic hydroxyl groups is 2. The molecule has 0 amide bonds. The average molecular weight is 640 g/mol. The van der Waals surface area contributed by atoms with Gasteiger partial charge in [-0.25, -0.2) is 19.9 Å². The Balaban J connectivity index is 0.000000834. The summed E-state index contributed by atoms with van der Waals surface area (Å²) in [5, 5.41) is 30.5. The van der Waals surface area contributed by atoms with Crippen LogP contribution in [0.25, 0.3) is 23.2 Å². The third-order valence-corrected chi connectivity index (χ3v) is 6.13. The topological polar surface area (TPSA) is 182 Å². The van der Waals surface area contributed by atoms with Crippen molar-refractivity contribution in [3.8, 4) is 0 Å². The van der Waals surface area contributed by atoms with Crippen molar-refractivity contribution >= 4 is 58.4 Å². The molecule has 6 rings (SSSR count). The summed E-state index contributed by atoms with van der Waals surface area (Å²) in [5.74, 6) is 1.32. The average Bonchev–Trinajstić information content (AvgIpc) is 3.61. The largest absolute Gasteiger partial charge is 1.00 e. The fraction of sp³-hybridized carbons (Fsp3) is 0.161. The molecule has 0 aliphatic rings. The number of nitrogens with one attached hydrogen (secondary N) is 5. The number of aliphatic hydroxyl groups excluding tert-OH is 2. The molecule has 4 heterocycles. The molecule has 46 heavy (non-hydrogen) atoms. The molecule has 2 bridgehead atoms. The second-order valence-electron chi connectivity index (χ2n) is 9.89. The van der Waals surface area contributed by atoms with E-state index in [1.54, 1.807) is 13.8 Å². The zero-order chi connectivity index (χ0) is 30.9. The molecule has 0 spiro atoms. The first-order valence-corrected chi connectivity index (χ1v) is 13.9. The molecule has 0 aliphatic heterocycles. The van der Waals surface area contributed by atoms with Crippen LogP contribution in [0.1, 0.15) is 33.4 Å². The maximum atomic E-state index is 9.40. The number of aryl methyl sites for hydroxylation is 1. The number of rotatable bonds is 10. The first-order valence-electron chi connectivity index (χ1n) is 13.9. The molecular weight excluding hydrogens is 604 g/mol. The Morgan fingerprint density at radius 1 is 0.652 bits per heavy atom. The van der Waals surface area contributed by atoms with Gasteiger partial charge in [-0.3, -0.25) is 0 Å². The van der Waals surface area contributed by atoms with Crippen LogP contribution in [-0.2, 0) is 0 Å². The normalized spacial score (nSPS) is 11.8. The van der Waals surface area contributed by atoms with Gasteiger partial charge in [-0.2, -0.15) is 9.97 Å². The molecule has 0 aliphatic carbocycles. The minimum absolute atomic E-state index is 0. The summed E-state index contributed by atoms with van der Waals surface area (Å²) in [5.41, 5.74) is 7.54. The molecule has 228 valence electrons. The summed E-state index contributed by atoms with van der Waals surface area (Å²) in [6.45, 7) is 5.28. The molecule has 2 atom stereocenters. The van der Waals surface area contributed by atoms with E-state index in [1.807, 2.05) is 60.7 Å². The van der Waals surface area contributed by atoms with Crippen LogP contribution >= 0.6 is 0 Å². The first-order chi connectivity index (χ1) is 21.3. The van der Waals surface area contributed by atoms with Crippen molar-refractivity contribution in [3.05, 3.63) is 96.1 Å². The summed E-state index contributed by atoms with van der Waals surface area (Å²) in [6, 6.07) is 21.9. The Labute approximate surface area is 313 Å². The standard InChI is InChI=1S/C24H26N10O2.C7H7N.2Na.2H/c1-15(35)29-21-25-13-27-23(33-21)31-19-9-5-17(6-10-19)3-4-18-7-11-20(12-8-18)32-24-28-14-26-22(34-24)30-16(2)36;1-5-4-6-2-3-7(5)8-6;;;;/h3-16,35-36H,1-2H3,(H2,25,27,29,31,33)(H2,26,28,30,32,34);2-4,8H,1H3;;;;/q;;2*+1;2*-1. The summed E-state index contributed by atoms with van der Waals surface area (Å²) in [7, 11) is 0. The third-order valence-electron chi connectivity index (χ3n) is 6.13. The van der Waals surface area contributed by atoms with Gasteiger partial charge in [0.15, 0.2) is 0 Å². The molecular formula is C31H35N11Na2O2. The van der Waals surface area contributed by atoms with Gasteiger partial charge in [-0.05, 0) is 79.9 Å². The van der Waals surface area contributed by atoms with Gasteiger partial charge < -0.3 is 39.3 Å². The van der Waals surface area contributed by atoms with Gasteiger partial charge in [-0.15, -0.1) is 0 Å². The molecule has 4 aromatic heterocycles. The minimum Gasteiger partial charge on any atom is -1.00 e. The maximum Gasteiger partial charge on any atom is 1.00 e. The number of hydrogen-bond acceptors (Lipinski definition) is 12. The number of nitrogens with zero attached hydrogens (tertiary/aromatic N) is 6. The Morgan fingerprint density at radius 2 is 1.09 bits per heavy atom. The second kappa shape index (κ2) is 17.9. The number of H-pyrrole nitrogens is 1. The van der Waals surface area contributed by atoms with Gasteiger partial charge in [0.25, 0.3) is 0 Å². The number of aromatic amines is 1. The number of benzene rings is 3. The van der Waals surface area contributed by atoms with E-state index < -0.39 is 12.5 Å². The molecule has 0 radical (unpaired) electrons. The van der Waals surface area contributed by atoms with Crippen LogP contribution in [-0.4, -0.2) is 57.6 Å². The number of fused-ring (bicyclic) bond motifs is 2. The molecule has 2 unspecified atom stereocenters. The van der Waals surface area contributed by atoms with E-state index >= 15 is 0 Å². The fourth-order valence-electron chi connectivity index (χ4n) is 4.07. The van der Waals surface area contributed by atoms with Crippen molar-refractivity contribution in [2.75, 3.05) is 21.3 Å². The number of aromatic nitrogens is 7. The van der Waals surface area contributed by atoms with E-state index in [4.69, 9.17) is 0 Å². The van der Waals surface area contributed by atoms with Crippen molar-refractivity contribution in [3.63, 3.8) is 0 Å². The molecule has 13 nitrogen and oxygen atoms in total. The monoisotopic (exact) mass is 639 g/mol. The smallest absolute Gasteiger partial charge is 1.00 e. The Hall–Kier alpha value is -3.66. The summed E-state index contributed by atoms with van der Waals surface area (Å²) in [4.78, 5) is 27.7. The molecule has 0 fully saturated rings. The van der Waals surface area contributed by atoms with Gasteiger partial charge in [0.1, 0.15) is 25.1 Å². The molecule has 0 saturated carbocycles. The van der Waals surface area contributed by atoms with Crippen LogP contribution < -0.4 is 80.4 Å². The molecule has 2 aromatic carbocycles. The number of hydrogen-bond donors (Lipinski definition) is 7. The quantitative estimate of drug-likeness (QED) is 0.0573. The SMILES string of the molecule is CC(O)Nc1ncnc(Nc2ccc(C=Cc3ccc(Nc4ncnc(NC(C)O)n4)cc3)cc2)n1.Cc1cc2ccc1[nH]2.[H-].[H-].[Na+].[Na+]. The van der Waals surface area contributed by atoms with Crippen LogP contribution in [0.2, 0.25) is 0 Å². The molecule has 6 aromatic rings. The van der Waals surface area contributed by atoms with Gasteiger partial charge in [0.05, 0.1) is 0 Å². The second-order valence-corrected chi connectivity index (χ2v) is 9.89. The van der Waals surface area contributed by atoms with Gasteiger partial charge in [0.2, 0.25) is 23.8 Å². The van der Waals surface area contributed by atoms with Crippen LogP contribution in [0.5, 0.6) is 0 Å². The van der Waals surface area contributed by atoms with E-state index in [2.05, 4.69) is 81.3 Å².